The summed E-state index contributed by atoms with van der Waals surface area (Å²) in [6.07, 6.45) is 0.646. The summed E-state index contributed by atoms with van der Waals surface area (Å²) in [5.74, 6) is 0.0275. The van der Waals surface area contributed by atoms with Gasteiger partial charge in [0.1, 0.15) is 0 Å². The molecule has 1 saturated heterocycles. The highest BCUT2D eigenvalue weighted by molar-refractivity contribution is 5.98. The lowest BCUT2D eigenvalue weighted by atomic mass is 10.1. The average Bonchev–Trinajstić information content (AvgIpc) is 2.57. The molecule has 7 nitrogen and oxygen atoms in total. The van der Waals surface area contributed by atoms with Crippen LogP contribution < -0.4 is 11.1 Å². The molecule has 1 heterocycles. The van der Waals surface area contributed by atoms with Crippen molar-refractivity contribution in [3.05, 3.63) is 29.3 Å². The number of carbonyl (C=O) groups excluding carboxylic acids is 2. The van der Waals surface area contributed by atoms with Crippen molar-refractivity contribution in [2.24, 2.45) is 11.7 Å². The lowest BCUT2D eigenvalue weighted by Crippen LogP contribution is -2.56. The van der Waals surface area contributed by atoms with E-state index in [4.69, 9.17) is 5.73 Å². The van der Waals surface area contributed by atoms with Crippen LogP contribution in [-0.4, -0.2) is 65.7 Å². The molecular formula is C19H30N4O3. The minimum atomic E-state index is -0.510. The van der Waals surface area contributed by atoms with Crippen LogP contribution in [0.2, 0.25) is 0 Å². The largest absolute Gasteiger partial charge is 0.396 e. The zero-order valence-electron chi connectivity index (χ0n) is 15.9. The van der Waals surface area contributed by atoms with Gasteiger partial charge in [0, 0.05) is 50.1 Å². The van der Waals surface area contributed by atoms with Gasteiger partial charge in [0.25, 0.3) is 0 Å². The molecule has 0 aliphatic carbocycles. The number of rotatable bonds is 6. The summed E-state index contributed by atoms with van der Waals surface area (Å²) in [7, 11) is 0. The Morgan fingerprint density at radius 3 is 2.69 bits per heavy atom. The highest BCUT2D eigenvalue weighted by Gasteiger charge is 2.29. The second kappa shape index (κ2) is 9.00. The molecule has 1 aromatic rings. The molecule has 2 rings (SSSR count). The summed E-state index contributed by atoms with van der Waals surface area (Å²) in [5, 5.41) is 12.3. The quantitative estimate of drug-likeness (QED) is 0.716. The van der Waals surface area contributed by atoms with Crippen molar-refractivity contribution in [3.8, 4) is 0 Å². The van der Waals surface area contributed by atoms with E-state index in [9.17, 15) is 14.7 Å². The fraction of sp³-hybridized carbons (Fsp3) is 0.579. The van der Waals surface area contributed by atoms with Crippen LogP contribution in [0.3, 0.4) is 0 Å². The number of nitrogens with zero attached hydrogens (tertiary/aromatic N) is 2. The molecule has 1 aliphatic rings. The maximum absolute atomic E-state index is 12.7. The summed E-state index contributed by atoms with van der Waals surface area (Å²) in [5.41, 5.74) is 7.04. The molecule has 144 valence electrons. The van der Waals surface area contributed by atoms with E-state index in [0.29, 0.717) is 42.2 Å². The second-order valence-electron chi connectivity index (χ2n) is 7.27. The van der Waals surface area contributed by atoms with Gasteiger partial charge < -0.3 is 21.1 Å². The van der Waals surface area contributed by atoms with Gasteiger partial charge in [-0.05, 0) is 37.0 Å². The van der Waals surface area contributed by atoms with Gasteiger partial charge in [-0.15, -0.1) is 0 Å². The molecule has 4 N–H and O–H groups in total. The first-order valence-electron chi connectivity index (χ1n) is 9.13. The maximum Gasteiger partial charge on any atom is 0.321 e. The van der Waals surface area contributed by atoms with Gasteiger partial charge in [-0.3, -0.25) is 9.69 Å². The van der Waals surface area contributed by atoms with Crippen LogP contribution in [-0.2, 0) is 0 Å². The molecular weight excluding hydrogens is 332 g/mol. The number of aliphatic hydroxyl groups excluding tert-OH is 1. The topological polar surface area (TPSA) is 98.9 Å². The standard InChI is InChI=1S/C19H30N4O3/c1-13(2)11-22-8-9-23(12-15(22)7-10-24)19(26)21-17-6-4-5-16(14(17)3)18(20)25/h4-6,13,15,24H,7-12H2,1-3H3,(H2,20,25)(H,21,26). The predicted molar refractivity (Wildman–Crippen MR) is 102 cm³/mol. The molecule has 1 aliphatic heterocycles. The summed E-state index contributed by atoms with van der Waals surface area (Å²) < 4.78 is 0. The number of aliphatic hydroxyl groups is 1. The van der Waals surface area contributed by atoms with Gasteiger partial charge >= 0.3 is 6.03 Å². The minimum absolute atomic E-state index is 0.106. The third kappa shape index (κ3) is 4.95. The number of hydrogen-bond donors (Lipinski definition) is 3. The number of hydrogen-bond acceptors (Lipinski definition) is 4. The first kappa shape index (κ1) is 20.2. The number of nitrogens with two attached hydrogens (primary N) is 1. The Morgan fingerprint density at radius 1 is 1.35 bits per heavy atom. The Bertz CT molecular complexity index is 648. The van der Waals surface area contributed by atoms with Crippen molar-refractivity contribution < 1.29 is 14.7 Å². The minimum Gasteiger partial charge on any atom is -0.396 e. The van der Waals surface area contributed by atoms with Crippen molar-refractivity contribution in [2.45, 2.75) is 33.2 Å². The smallest absolute Gasteiger partial charge is 0.321 e. The van der Waals surface area contributed by atoms with Gasteiger partial charge in [-0.1, -0.05) is 19.9 Å². The molecule has 0 spiro atoms. The molecule has 7 heteroatoms. The van der Waals surface area contributed by atoms with E-state index in [1.165, 1.54) is 0 Å². The molecule has 0 bridgehead atoms. The number of amides is 3. The molecule has 1 fully saturated rings. The molecule has 1 unspecified atom stereocenters. The van der Waals surface area contributed by atoms with Crippen LogP contribution in [0.25, 0.3) is 0 Å². The Hall–Kier alpha value is -2.12. The second-order valence-corrected chi connectivity index (χ2v) is 7.27. The number of piperazine rings is 1. The number of primary amides is 1. The van der Waals surface area contributed by atoms with Gasteiger partial charge in [-0.25, -0.2) is 4.79 Å². The zero-order valence-corrected chi connectivity index (χ0v) is 15.9. The van der Waals surface area contributed by atoms with E-state index in [1.54, 1.807) is 30.0 Å². The molecule has 3 amide bonds. The zero-order chi connectivity index (χ0) is 19.3. The van der Waals surface area contributed by atoms with Crippen molar-refractivity contribution in [1.82, 2.24) is 9.80 Å². The van der Waals surface area contributed by atoms with Crippen LogP contribution in [0.4, 0.5) is 10.5 Å². The molecule has 26 heavy (non-hydrogen) atoms. The van der Waals surface area contributed by atoms with E-state index >= 15 is 0 Å². The third-order valence-electron chi connectivity index (χ3n) is 4.79. The third-order valence-corrected chi connectivity index (χ3v) is 4.79. The molecule has 1 atom stereocenters. The van der Waals surface area contributed by atoms with Crippen molar-refractivity contribution in [3.63, 3.8) is 0 Å². The Labute approximate surface area is 155 Å². The lowest BCUT2D eigenvalue weighted by Gasteiger charge is -2.42. The summed E-state index contributed by atoms with van der Waals surface area (Å²) in [6, 6.07) is 5.08. The van der Waals surface area contributed by atoms with E-state index in [0.717, 1.165) is 13.1 Å². The summed E-state index contributed by atoms with van der Waals surface area (Å²) in [6.45, 7) is 9.17. The van der Waals surface area contributed by atoms with E-state index < -0.39 is 5.91 Å². The molecule has 0 saturated carbocycles. The predicted octanol–water partition coefficient (Wildman–Crippen LogP) is 1.65. The van der Waals surface area contributed by atoms with Crippen LogP contribution in [0.5, 0.6) is 0 Å². The lowest BCUT2D eigenvalue weighted by molar-refractivity contribution is 0.0689. The number of anilines is 1. The molecule has 0 radical (unpaired) electrons. The number of benzene rings is 1. The van der Waals surface area contributed by atoms with E-state index in [1.807, 2.05) is 0 Å². The van der Waals surface area contributed by atoms with Crippen molar-refractivity contribution >= 4 is 17.6 Å². The molecule has 1 aromatic carbocycles. The summed E-state index contributed by atoms with van der Waals surface area (Å²) >= 11 is 0. The van der Waals surface area contributed by atoms with Crippen LogP contribution in [0.15, 0.2) is 18.2 Å². The van der Waals surface area contributed by atoms with Crippen molar-refractivity contribution in [2.75, 3.05) is 38.1 Å². The van der Waals surface area contributed by atoms with E-state index in [2.05, 4.69) is 24.1 Å². The number of nitrogens with one attached hydrogen (secondary N) is 1. The van der Waals surface area contributed by atoms with E-state index in [-0.39, 0.29) is 18.7 Å². The first-order valence-corrected chi connectivity index (χ1v) is 9.13. The Morgan fingerprint density at radius 2 is 2.08 bits per heavy atom. The van der Waals surface area contributed by atoms with Crippen LogP contribution in [0, 0.1) is 12.8 Å². The fourth-order valence-electron chi connectivity index (χ4n) is 3.44. The van der Waals surface area contributed by atoms with Gasteiger partial charge in [0.05, 0.1) is 0 Å². The SMILES string of the molecule is Cc1c(NC(=O)N2CCN(CC(C)C)C(CCO)C2)cccc1C(N)=O. The Kier molecular flexibility index (Phi) is 6.99. The molecule has 0 aromatic heterocycles. The van der Waals surface area contributed by atoms with Gasteiger partial charge in [-0.2, -0.15) is 0 Å². The fourth-order valence-corrected chi connectivity index (χ4v) is 3.44. The first-order chi connectivity index (χ1) is 12.3. The highest BCUT2D eigenvalue weighted by atomic mass is 16.3. The van der Waals surface area contributed by atoms with Crippen LogP contribution in [0.1, 0.15) is 36.2 Å². The van der Waals surface area contributed by atoms with Crippen LogP contribution >= 0.6 is 0 Å². The average molecular weight is 362 g/mol. The normalized spacial score (nSPS) is 18.2. The maximum atomic E-state index is 12.7. The van der Waals surface area contributed by atoms with Gasteiger partial charge in [0.15, 0.2) is 0 Å². The number of urea groups is 1. The monoisotopic (exact) mass is 362 g/mol. The van der Waals surface area contributed by atoms with Gasteiger partial charge in [0.2, 0.25) is 5.91 Å². The van der Waals surface area contributed by atoms with Crippen molar-refractivity contribution in [1.29, 1.82) is 0 Å². The highest BCUT2D eigenvalue weighted by Crippen LogP contribution is 2.20. The number of carbonyl (C=O) groups is 2. The summed E-state index contributed by atoms with van der Waals surface area (Å²) in [4.78, 5) is 28.3. The Balaban J connectivity index is 2.06.